The fourth-order valence-corrected chi connectivity index (χ4v) is 2.20. The van der Waals surface area contributed by atoms with Gasteiger partial charge in [0.05, 0.1) is 11.6 Å². The van der Waals surface area contributed by atoms with Crippen LogP contribution in [0.2, 0.25) is 0 Å². The van der Waals surface area contributed by atoms with E-state index in [0.717, 1.165) is 24.0 Å². The Bertz CT molecular complexity index is 727. The first kappa shape index (κ1) is 15.8. The van der Waals surface area contributed by atoms with E-state index in [1.165, 1.54) is 11.6 Å². The second-order valence-corrected chi connectivity index (χ2v) is 5.17. The summed E-state index contributed by atoms with van der Waals surface area (Å²) in [6.45, 7) is 2.15. The van der Waals surface area contributed by atoms with E-state index in [1.54, 1.807) is 6.07 Å². The van der Waals surface area contributed by atoms with Crippen molar-refractivity contribution in [3.05, 3.63) is 70.5 Å². The Balaban J connectivity index is 2.12. The van der Waals surface area contributed by atoms with Crippen molar-refractivity contribution in [3.63, 3.8) is 0 Å². The summed E-state index contributed by atoms with van der Waals surface area (Å²) in [7, 11) is 0. The maximum atomic E-state index is 14.0. The SMILES string of the molecule is CCCc1ccc(C#Cc2ccc(CCC#N)cc2F)cc1. The standard InChI is InChI=1S/C20H18FN/c1-2-4-16-6-8-17(9-7-16)10-12-19-13-11-18(5-3-14-22)15-20(19)21/h6-9,11,13,15H,2-5H2,1H3. The van der Waals surface area contributed by atoms with Crippen molar-refractivity contribution in [2.75, 3.05) is 0 Å². The Morgan fingerprint density at radius 1 is 0.955 bits per heavy atom. The molecule has 110 valence electrons. The summed E-state index contributed by atoms with van der Waals surface area (Å²) < 4.78 is 14.0. The average Bonchev–Trinajstić information content (AvgIpc) is 2.54. The molecule has 0 aliphatic rings. The summed E-state index contributed by atoms with van der Waals surface area (Å²) in [5, 5.41) is 8.55. The molecular formula is C20H18FN. The Hall–Kier alpha value is -2.58. The van der Waals surface area contributed by atoms with Crippen LogP contribution in [-0.4, -0.2) is 0 Å². The first-order valence-electron chi connectivity index (χ1n) is 7.49. The molecule has 0 bridgehead atoms. The van der Waals surface area contributed by atoms with Crippen molar-refractivity contribution >= 4 is 0 Å². The van der Waals surface area contributed by atoms with Crippen LogP contribution in [0.15, 0.2) is 42.5 Å². The predicted molar refractivity (Wildman–Crippen MR) is 86.8 cm³/mol. The maximum absolute atomic E-state index is 14.0. The Morgan fingerprint density at radius 2 is 1.68 bits per heavy atom. The smallest absolute Gasteiger partial charge is 0.139 e. The lowest BCUT2D eigenvalue weighted by Crippen LogP contribution is -1.89. The van der Waals surface area contributed by atoms with Gasteiger partial charge in [-0.2, -0.15) is 5.26 Å². The molecule has 0 radical (unpaired) electrons. The quantitative estimate of drug-likeness (QED) is 0.753. The van der Waals surface area contributed by atoms with Gasteiger partial charge in [0.25, 0.3) is 0 Å². The molecule has 0 aliphatic carbocycles. The first-order chi connectivity index (χ1) is 10.7. The van der Waals surface area contributed by atoms with Crippen molar-refractivity contribution in [1.29, 1.82) is 5.26 Å². The fourth-order valence-electron chi connectivity index (χ4n) is 2.20. The van der Waals surface area contributed by atoms with E-state index in [-0.39, 0.29) is 5.82 Å². The molecule has 1 nitrogen and oxygen atoms in total. The van der Waals surface area contributed by atoms with E-state index in [9.17, 15) is 4.39 Å². The monoisotopic (exact) mass is 291 g/mol. The van der Waals surface area contributed by atoms with Gasteiger partial charge in [-0.05, 0) is 48.2 Å². The highest BCUT2D eigenvalue weighted by molar-refractivity contribution is 5.44. The number of nitrogens with zero attached hydrogens (tertiary/aromatic N) is 1. The van der Waals surface area contributed by atoms with Crippen LogP contribution in [0.1, 0.15) is 42.0 Å². The normalized spacial score (nSPS) is 9.68. The van der Waals surface area contributed by atoms with Crippen LogP contribution in [0.5, 0.6) is 0 Å². The second kappa shape index (κ2) is 8.01. The highest BCUT2D eigenvalue weighted by Crippen LogP contribution is 2.12. The van der Waals surface area contributed by atoms with Gasteiger partial charge in [-0.1, -0.05) is 43.4 Å². The topological polar surface area (TPSA) is 23.8 Å². The van der Waals surface area contributed by atoms with E-state index in [2.05, 4.69) is 37.0 Å². The van der Waals surface area contributed by atoms with Crippen LogP contribution in [0.25, 0.3) is 0 Å². The highest BCUT2D eigenvalue weighted by atomic mass is 19.1. The third kappa shape index (κ3) is 4.47. The third-order valence-electron chi connectivity index (χ3n) is 3.39. The van der Waals surface area contributed by atoms with E-state index >= 15 is 0 Å². The molecule has 0 fully saturated rings. The van der Waals surface area contributed by atoms with Crippen LogP contribution in [-0.2, 0) is 12.8 Å². The lowest BCUT2D eigenvalue weighted by molar-refractivity contribution is 0.622. The zero-order valence-electron chi connectivity index (χ0n) is 12.7. The van der Waals surface area contributed by atoms with Gasteiger partial charge >= 0.3 is 0 Å². The molecule has 2 heteroatoms. The van der Waals surface area contributed by atoms with Gasteiger partial charge in [0, 0.05) is 12.0 Å². The molecule has 0 atom stereocenters. The molecule has 0 aromatic heterocycles. The molecule has 0 spiro atoms. The van der Waals surface area contributed by atoms with Crippen molar-refractivity contribution < 1.29 is 4.39 Å². The van der Waals surface area contributed by atoms with Gasteiger partial charge in [0.15, 0.2) is 0 Å². The maximum Gasteiger partial charge on any atom is 0.139 e. The summed E-state index contributed by atoms with van der Waals surface area (Å²) in [4.78, 5) is 0. The molecule has 0 saturated carbocycles. The van der Waals surface area contributed by atoms with Crippen molar-refractivity contribution in [1.82, 2.24) is 0 Å². The Morgan fingerprint density at radius 3 is 2.32 bits per heavy atom. The molecule has 0 heterocycles. The highest BCUT2D eigenvalue weighted by Gasteiger charge is 2.01. The molecule has 0 N–H and O–H groups in total. The minimum Gasteiger partial charge on any atom is -0.206 e. The molecule has 2 rings (SSSR count). The van der Waals surface area contributed by atoms with Gasteiger partial charge in [0.2, 0.25) is 0 Å². The number of rotatable bonds is 4. The second-order valence-electron chi connectivity index (χ2n) is 5.17. The lowest BCUT2D eigenvalue weighted by atomic mass is 10.1. The molecule has 0 unspecified atom stereocenters. The minimum atomic E-state index is -0.328. The van der Waals surface area contributed by atoms with Crippen LogP contribution >= 0.6 is 0 Å². The van der Waals surface area contributed by atoms with Crippen LogP contribution < -0.4 is 0 Å². The summed E-state index contributed by atoms with van der Waals surface area (Å²) >= 11 is 0. The van der Waals surface area contributed by atoms with E-state index in [1.807, 2.05) is 18.2 Å². The largest absolute Gasteiger partial charge is 0.206 e. The zero-order valence-corrected chi connectivity index (χ0v) is 12.7. The van der Waals surface area contributed by atoms with Gasteiger partial charge in [-0.25, -0.2) is 4.39 Å². The lowest BCUT2D eigenvalue weighted by Gasteiger charge is -2.00. The van der Waals surface area contributed by atoms with Gasteiger partial charge in [0.1, 0.15) is 5.82 Å². The number of nitriles is 1. The van der Waals surface area contributed by atoms with E-state index < -0.39 is 0 Å². The number of aryl methyl sites for hydroxylation is 2. The molecule has 0 aliphatic heterocycles. The summed E-state index contributed by atoms with van der Waals surface area (Å²) in [5.74, 6) is 5.54. The number of hydrogen-bond donors (Lipinski definition) is 0. The molecule has 0 saturated heterocycles. The molecule has 22 heavy (non-hydrogen) atoms. The fraction of sp³-hybridized carbons (Fsp3) is 0.250. The number of halogens is 1. The van der Waals surface area contributed by atoms with Crippen LogP contribution in [0.4, 0.5) is 4.39 Å². The van der Waals surface area contributed by atoms with E-state index in [0.29, 0.717) is 18.4 Å². The van der Waals surface area contributed by atoms with Gasteiger partial charge in [-0.3, -0.25) is 0 Å². The Labute approximate surface area is 131 Å². The van der Waals surface area contributed by atoms with E-state index in [4.69, 9.17) is 5.26 Å². The van der Waals surface area contributed by atoms with Crippen molar-refractivity contribution in [2.24, 2.45) is 0 Å². The molecule has 0 amide bonds. The van der Waals surface area contributed by atoms with Crippen LogP contribution in [0, 0.1) is 29.0 Å². The van der Waals surface area contributed by atoms with Crippen molar-refractivity contribution in [2.45, 2.75) is 32.6 Å². The van der Waals surface area contributed by atoms with Gasteiger partial charge < -0.3 is 0 Å². The summed E-state index contributed by atoms with van der Waals surface area (Å²) in [6, 6.07) is 15.1. The average molecular weight is 291 g/mol. The molecular weight excluding hydrogens is 273 g/mol. The summed E-state index contributed by atoms with van der Waals surface area (Å²) in [5.41, 5.74) is 3.39. The molecule has 2 aromatic carbocycles. The number of benzene rings is 2. The Kier molecular flexibility index (Phi) is 5.75. The summed E-state index contributed by atoms with van der Waals surface area (Å²) in [6.07, 6.45) is 3.15. The predicted octanol–water partition coefficient (Wildman–Crippen LogP) is 4.63. The van der Waals surface area contributed by atoms with Crippen LogP contribution in [0.3, 0.4) is 0 Å². The van der Waals surface area contributed by atoms with Crippen molar-refractivity contribution in [3.8, 4) is 17.9 Å². The third-order valence-corrected chi connectivity index (χ3v) is 3.39. The molecule has 2 aromatic rings. The first-order valence-corrected chi connectivity index (χ1v) is 7.49. The zero-order chi connectivity index (χ0) is 15.8. The van der Waals surface area contributed by atoms with Gasteiger partial charge in [-0.15, -0.1) is 0 Å². The number of hydrogen-bond acceptors (Lipinski definition) is 1. The minimum absolute atomic E-state index is 0.328.